The predicted molar refractivity (Wildman–Crippen MR) is 106 cm³/mol. The second-order valence-corrected chi connectivity index (χ2v) is 6.64. The van der Waals surface area contributed by atoms with E-state index < -0.39 is 0 Å². The Kier molecular flexibility index (Phi) is 4.31. The smallest absolute Gasteiger partial charge is 0.198 e. The van der Waals surface area contributed by atoms with Crippen LogP contribution in [0.3, 0.4) is 0 Å². The lowest BCUT2D eigenvalue weighted by Gasteiger charge is -2.07. The van der Waals surface area contributed by atoms with Gasteiger partial charge in [0.05, 0.1) is 24.1 Å². The van der Waals surface area contributed by atoms with Gasteiger partial charge in [0.15, 0.2) is 11.4 Å². The molecule has 0 radical (unpaired) electrons. The van der Waals surface area contributed by atoms with Gasteiger partial charge in [-0.3, -0.25) is 4.79 Å². The van der Waals surface area contributed by atoms with Crippen molar-refractivity contribution in [1.82, 2.24) is 14.8 Å². The molecule has 0 aliphatic rings. The number of ketones is 1. The first-order chi connectivity index (χ1) is 13.5. The normalized spacial score (nSPS) is 11.0. The van der Waals surface area contributed by atoms with Crippen molar-refractivity contribution in [1.29, 1.82) is 0 Å². The first-order valence-electron chi connectivity index (χ1n) is 8.82. The van der Waals surface area contributed by atoms with Gasteiger partial charge < -0.3 is 9.84 Å². The fourth-order valence-corrected chi connectivity index (χ4v) is 3.19. The van der Waals surface area contributed by atoms with Crippen molar-refractivity contribution < 1.29 is 14.6 Å². The van der Waals surface area contributed by atoms with Crippen molar-refractivity contribution in [3.63, 3.8) is 0 Å². The number of aryl methyl sites for hydroxylation is 2. The Morgan fingerprint density at radius 2 is 1.93 bits per heavy atom. The van der Waals surface area contributed by atoms with Crippen LogP contribution in [0.4, 0.5) is 0 Å². The van der Waals surface area contributed by atoms with Crippen molar-refractivity contribution in [3.05, 3.63) is 77.1 Å². The maximum Gasteiger partial charge on any atom is 0.198 e. The average Bonchev–Trinajstić information content (AvgIpc) is 3.04. The van der Waals surface area contributed by atoms with Crippen molar-refractivity contribution in [2.45, 2.75) is 13.8 Å². The summed E-state index contributed by atoms with van der Waals surface area (Å²) in [7, 11) is 1.51. The van der Waals surface area contributed by atoms with E-state index in [1.807, 2.05) is 38.1 Å². The van der Waals surface area contributed by atoms with Gasteiger partial charge in [0, 0.05) is 17.1 Å². The standard InChI is InChI=1S/C22H19N3O3/c1-13-5-4-6-16(9-13)25-22-18(14(2)24-25)10-15(12-23-22)21(27)19-11-17(28-3)7-8-20(19)26/h4-12,26H,1-3H3. The zero-order valence-electron chi connectivity index (χ0n) is 15.8. The van der Waals surface area contributed by atoms with Crippen LogP contribution in [0.2, 0.25) is 0 Å². The molecule has 4 rings (SSSR count). The Balaban J connectivity index is 1.81. The minimum Gasteiger partial charge on any atom is -0.507 e. The van der Waals surface area contributed by atoms with E-state index in [9.17, 15) is 9.90 Å². The number of hydrogen-bond donors (Lipinski definition) is 1. The summed E-state index contributed by atoms with van der Waals surface area (Å²) in [5.41, 5.74) is 4.03. The number of fused-ring (bicyclic) bond motifs is 1. The molecule has 0 amide bonds. The van der Waals surface area contributed by atoms with Gasteiger partial charge in [-0.15, -0.1) is 0 Å². The summed E-state index contributed by atoms with van der Waals surface area (Å²) in [4.78, 5) is 17.4. The van der Waals surface area contributed by atoms with Crippen LogP contribution in [0.5, 0.6) is 11.5 Å². The van der Waals surface area contributed by atoms with E-state index in [0.29, 0.717) is 17.0 Å². The van der Waals surface area contributed by atoms with Crippen LogP contribution in [-0.2, 0) is 0 Å². The zero-order chi connectivity index (χ0) is 19.8. The molecule has 1 N–H and O–H groups in total. The monoisotopic (exact) mass is 373 g/mol. The third-order valence-corrected chi connectivity index (χ3v) is 4.66. The van der Waals surface area contributed by atoms with Crippen LogP contribution in [0.15, 0.2) is 54.7 Å². The number of pyridine rings is 1. The van der Waals surface area contributed by atoms with Gasteiger partial charge in [-0.2, -0.15) is 5.10 Å². The highest BCUT2D eigenvalue weighted by atomic mass is 16.5. The molecule has 4 aromatic rings. The van der Waals surface area contributed by atoms with E-state index >= 15 is 0 Å². The third-order valence-electron chi connectivity index (χ3n) is 4.66. The SMILES string of the molecule is COc1ccc(O)c(C(=O)c2cnc3c(c2)c(C)nn3-c2cccc(C)c2)c1. The number of hydrogen-bond acceptors (Lipinski definition) is 5. The third kappa shape index (κ3) is 2.99. The largest absolute Gasteiger partial charge is 0.507 e. The van der Waals surface area contributed by atoms with E-state index in [4.69, 9.17) is 4.74 Å². The number of phenolic OH excluding ortho intramolecular Hbond substituents is 1. The van der Waals surface area contributed by atoms with Crippen LogP contribution in [-0.4, -0.2) is 32.8 Å². The fraction of sp³-hybridized carbons (Fsp3) is 0.136. The molecule has 2 heterocycles. The molecule has 0 bridgehead atoms. The number of nitrogens with zero attached hydrogens (tertiary/aromatic N) is 3. The van der Waals surface area contributed by atoms with E-state index in [1.54, 1.807) is 16.8 Å². The minimum absolute atomic E-state index is 0.0990. The molecule has 0 saturated carbocycles. The highest BCUT2D eigenvalue weighted by Gasteiger charge is 2.18. The van der Waals surface area contributed by atoms with Crippen LogP contribution in [0.25, 0.3) is 16.7 Å². The Bertz CT molecular complexity index is 1210. The summed E-state index contributed by atoms with van der Waals surface area (Å²) in [6, 6.07) is 14.3. The molecule has 2 aromatic heterocycles. The molecular weight excluding hydrogens is 354 g/mol. The summed E-state index contributed by atoms with van der Waals surface area (Å²) in [5, 5.41) is 15.5. The minimum atomic E-state index is -0.325. The molecule has 0 unspecified atom stereocenters. The predicted octanol–water partition coefficient (Wildman–Crippen LogP) is 3.98. The second kappa shape index (κ2) is 6.81. The van der Waals surface area contributed by atoms with Crippen molar-refractivity contribution in [2.75, 3.05) is 7.11 Å². The topological polar surface area (TPSA) is 77.2 Å². The molecule has 0 aliphatic heterocycles. The van der Waals surface area contributed by atoms with E-state index in [2.05, 4.69) is 10.1 Å². The number of carbonyl (C=O) groups is 1. The summed E-state index contributed by atoms with van der Waals surface area (Å²) in [6.45, 7) is 3.90. The number of phenols is 1. The number of aromatic hydroxyl groups is 1. The molecule has 0 saturated heterocycles. The van der Waals surface area contributed by atoms with Crippen LogP contribution in [0, 0.1) is 13.8 Å². The maximum atomic E-state index is 12.9. The molecule has 0 spiro atoms. The number of rotatable bonds is 4. The molecule has 2 aromatic carbocycles. The van der Waals surface area contributed by atoms with Crippen molar-refractivity contribution in [3.8, 4) is 17.2 Å². The van der Waals surface area contributed by atoms with Gasteiger partial charge in [0.1, 0.15) is 11.5 Å². The Labute approximate surface area is 162 Å². The fourth-order valence-electron chi connectivity index (χ4n) is 3.19. The molecule has 0 atom stereocenters. The highest BCUT2D eigenvalue weighted by Crippen LogP contribution is 2.27. The number of ether oxygens (including phenoxy) is 1. The summed E-state index contributed by atoms with van der Waals surface area (Å²) in [5.74, 6) is 0.0743. The molecular formula is C22H19N3O3. The van der Waals surface area contributed by atoms with Crippen LogP contribution >= 0.6 is 0 Å². The van der Waals surface area contributed by atoms with Crippen LogP contribution < -0.4 is 4.74 Å². The van der Waals surface area contributed by atoms with Crippen LogP contribution in [0.1, 0.15) is 27.2 Å². The lowest BCUT2D eigenvalue weighted by Crippen LogP contribution is -2.04. The van der Waals surface area contributed by atoms with E-state index in [-0.39, 0.29) is 17.1 Å². The molecule has 6 nitrogen and oxygen atoms in total. The highest BCUT2D eigenvalue weighted by molar-refractivity contribution is 6.12. The summed E-state index contributed by atoms with van der Waals surface area (Å²) in [6.07, 6.45) is 1.51. The number of benzene rings is 2. The molecule has 6 heteroatoms. The van der Waals surface area contributed by atoms with Gasteiger partial charge in [-0.1, -0.05) is 12.1 Å². The van der Waals surface area contributed by atoms with Crippen molar-refractivity contribution >= 4 is 16.8 Å². The second-order valence-electron chi connectivity index (χ2n) is 6.64. The molecule has 0 aliphatic carbocycles. The first kappa shape index (κ1) is 17.7. The van der Waals surface area contributed by atoms with Gasteiger partial charge in [-0.25, -0.2) is 9.67 Å². The first-order valence-corrected chi connectivity index (χ1v) is 8.82. The molecule has 140 valence electrons. The molecule has 28 heavy (non-hydrogen) atoms. The molecule has 0 fully saturated rings. The Morgan fingerprint density at radius 1 is 1.11 bits per heavy atom. The Morgan fingerprint density at radius 3 is 2.68 bits per heavy atom. The number of carbonyl (C=O) groups excluding carboxylic acids is 1. The zero-order valence-corrected chi connectivity index (χ0v) is 15.8. The van der Waals surface area contributed by atoms with Gasteiger partial charge in [0.25, 0.3) is 0 Å². The lowest BCUT2D eigenvalue weighted by atomic mass is 10.0. The lowest BCUT2D eigenvalue weighted by molar-refractivity contribution is 0.103. The maximum absolute atomic E-state index is 12.9. The van der Waals surface area contributed by atoms with Gasteiger partial charge in [0.2, 0.25) is 0 Å². The van der Waals surface area contributed by atoms with Gasteiger partial charge in [-0.05, 0) is 55.8 Å². The quantitative estimate of drug-likeness (QED) is 0.548. The van der Waals surface area contributed by atoms with E-state index in [1.165, 1.54) is 25.4 Å². The number of methoxy groups -OCH3 is 1. The summed E-state index contributed by atoms with van der Waals surface area (Å²) >= 11 is 0. The van der Waals surface area contributed by atoms with E-state index in [0.717, 1.165) is 22.3 Å². The summed E-state index contributed by atoms with van der Waals surface area (Å²) < 4.78 is 6.93. The van der Waals surface area contributed by atoms with Crippen molar-refractivity contribution in [2.24, 2.45) is 0 Å². The Hall–Kier alpha value is -3.67. The number of aromatic nitrogens is 3. The van der Waals surface area contributed by atoms with Gasteiger partial charge >= 0.3 is 0 Å². The average molecular weight is 373 g/mol.